The average Bonchev–Trinajstić information content (AvgIpc) is 3.28. The third-order valence-electron chi connectivity index (χ3n) is 6.26. The van der Waals surface area contributed by atoms with Crippen LogP contribution in [0.2, 0.25) is 0 Å². The van der Waals surface area contributed by atoms with E-state index in [0.29, 0.717) is 26.1 Å². The van der Waals surface area contributed by atoms with Crippen molar-refractivity contribution in [2.75, 3.05) is 33.4 Å². The SMILES string of the molecule is CCCCCCC(=O)N(CCOC)CC(=O)N1CCc2sccc2C1c1ccccc1C. The van der Waals surface area contributed by atoms with Crippen LogP contribution < -0.4 is 0 Å². The van der Waals surface area contributed by atoms with Gasteiger partial charge in [-0.15, -0.1) is 11.3 Å². The van der Waals surface area contributed by atoms with Crippen LogP contribution in [-0.2, 0) is 20.7 Å². The minimum Gasteiger partial charge on any atom is -0.383 e. The van der Waals surface area contributed by atoms with Crippen LogP contribution in [0, 0.1) is 6.92 Å². The summed E-state index contributed by atoms with van der Waals surface area (Å²) in [5, 5.41) is 2.12. The Hall–Kier alpha value is -2.18. The van der Waals surface area contributed by atoms with E-state index in [0.717, 1.165) is 37.7 Å². The summed E-state index contributed by atoms with van der Waals surface area (Å²) in [5.41, 5.74) is 3.56. The molecule has 0 saturated heterocycles. The van der Waals surface area contributed by atoms with Gasteiger partial charge in [0.25, 0.3) is 0 Å². The van der Waals surface area contributed by atoms with E-state index in [9.17, 15) is 9.59 Å². The highest BCUT2D eigenvalue weighted by atomic mass is 32.1. The quantitative estimate of drug-likeness (QED) is 0.448. The van der Waals surface area contributed by atoms with Crippen LogP contribution in [0.15, 0.2) is 35.7 Å². The van der Waals surface area contributed by atoms with Crippen molar-refractivity contribution in [3.05, 3.63) is 57.3 Å². The van der Waals surface area contributed by atoms with Gasteiger partial charge < -0.3 is 14.5 Å². The van der Waals surface area contributed by atoms with Crippen molar-refractivity contribution >= 4 is 23.2 Å². The number of fused-ring (bicyclic) bond motifs is 1. The maximum absolute atomic E-state index is 13.6. The van der Waals surface area contributed by atoms with Gasteiger partial charge in [-0.25, -0.2) is 0 Å². The highest BCUT2D eigenvalue weighted by Crippen LogP contribution is 2.39. The van der Waals surface area contributed by atoms with Crippen molar-refractivity contribution in [1.82, 2.24) is 9.80 Å². The van der Waals surface area contributed by atoms with E-state index < -0.39 is 0 Å². The molecule has 174 valence electrons. The zero-order chi connectivity index (χ0) is 22.9. The van der Waals surface area contributed by atoms with E-state index in [1.807, 2.05) is 17.0 Å². The maximum atomic E-state index is 13.6. The highest BCUT2D eigenvalue weighted by molar-refractivity contribution is 7.10. The van der Waals surface area contributed by atoms with Gasteiger partial charge in [0.15, 0.2) is 0 Å². The molecule has 1 aromatic carbocycles. The van der Waals surface area contributed by atoms with Crippen molar-refractivity contribution < 1.29 is 14.3 Å². The van der Waals surface area contributed by atoms with Gasteiger partial charge in [-0.3, -0.25) is 9.59 Å². The standard InChI is InChI=1S/C26H36N2O3S/c1-4-5-6-7-12-24(29)27(16-17-31-3)19-25(30)28-15-13-23-22(14-18-32-23)26(28)21-11-9-8-10-20(21)2/h8-11,14,18,26H,4-7,12-13,15-17,19H2,1-3H3. The Morgan fingerprint density at radius 3 is 2.72 bits per heavy atom. The van der Waals surface area contributed by atoms with Crippen molar-refractivity contribution in [3.8, 4) is 0 Å². The molecule has 3 rings (SSSR count). The summed E-state index contributed by atoms with van der Waals surface area (Å²) in [7, 11) is 1.63. The lowest BCUT2D eigenvalue weighted by Crippen LogP contribution is -2.47. The Balaban J connectivity index is 1.78. The number of amides is 2. The van der Waals surface area contributed by atoms with Gasteiger partial charge in [0, 0.05) is 31.5 Å². The zero-order valence-electron chi connectivity index (χ0n) is 19.6. The second-order valence-corrected chi connectivity index (χ2v) is 9.51. The number of benzene rings is 1. The average molecular weight is 457 g/mol. The molecular formula is C26H36N2O3S. The summed E-state index contributed by atoms with van der Waals surface area (Å²) < 4.78 is 5.22. The number of rotatable bonds is 11. The molecule has 1 unspecified atom stereocenters. The van der Waals surface area contributed by atoms with Crippen LogP contribution in [0.25, 0.3) is 0 Å². The molecule has 2 heterocycles. The minimum atomic E-state index is -0.0948. The summed E-state index contributed by atoms with van der Waals surface area (Å²) in [5.74, 6) is 0.0558. The van der Waals surface area contributed by atoms with Gasteiger partial charge in [0.05, 0.1) is 19.2 Å². The molecular weight excluding hydrogens is 420 g/mol. The molecule has 5 nitrogen and oxygen atoms in total. The van der Waals surface area contributed by atoms with Crippen LogP contribution in [-0.4, -0.2) is 55.0 Å². The van der Waals surface area contributed by atoms with Crippen molar-refractivity contribution in [2.24, 2.45) is 0 Å². The van der Waals surface area contributed by atoms with E-state index in [4.69, 9.17) is 4.74 Å². The highest BCUT2D eigenvalue weighted by Gasteiger charge is 2.34. The number of ether oxygens (including phenoxy) is 1. The van der Waals surface area contributed by atoms with Gasteiger partial charge in [-0.05, 0) is 47.9 Å². The van der Waals surface area contributed by atoms with Gasteiger partial charge in [-0.1, -0.05) is 50.5 Å². The molecule has 1 aliphatic heterocycles. The van der Waals surface area contributed by atoms with E-state index in [-0.39, 0.29) is 24.4 Å². The molecule has 2 amide bonds. The first-order valence-electron chi connectivity index (χ1n) is 11.7. The first-order chi connectivity index (χ1) is 15.6. The Morgan fingerprint density at radius 1 is 1.16 bits per heavy atom. The zero-order valence-corrected chi connectivity index (χ0v) is 20.5. The summed E-state index contributed by atoms with van der Waals surface area (Å²) >= 11 is 1.77. The topological polar surface area (TPSA) is 49.9 Å². The lowest BCUT2D eigenvalue weighted by Gasteiger charge is -2.38. The Kier molecular flexibility index (Phi) is 9.30. The lowest BCUT2D eigenvalue weighted by atomic mass is 9.90. The molecule has 6 heteroatoms. The fourth-order valence-electron chi connectivity index (χ4n) is 4.42. The number of methoxy groups -OCH3 is 1. The number of nitrogens with zero attached hydrogens (tertiary/aromatic N) is 2. The maximum Gasteiger partial charge on any atom is 0.242 e. The van der Waals surface area contributed by atoms with Gasteiger partial charge in [-0.2, -0.15) is 0 Å². The number of hydrogen-bond donors (Lipinski definition) is 0. The normalized spacial score (nSPS) is 15.5. The predicted molar refractivity (Wildman–Crippen MR) is 130 cm³/mol. The van der Waals surface area contributed by atoms with Crippen LogP contribution in [0.1, 0.15) is 66.6 Å². The molecule has 1 aliphatic rings. The molecule has 0 N–H and O–H groups in total. The van der Waals surface area contributed by atoms with Crippen molar-refractivity contribution in [3.63, 3.8) is 0 Å². The van der Waals surface area contributed by atoms with E-state index in [1.165, 1.54) is 16.0 Å². The van der Waals surface area contributed by atoms with Crippen molar-refractivity contribution in [1.29, 1.82) is 0 Å². The molecule has 0 bridgehead atoms. The molecule has 1 aromatic heterocycles. The number of hydrogen-bond acceptors (Lipinski definition) is 4. The summed E-state index contributed by atoms with van der Waals surface area (Å²) in [4.78, 5) is 31.5. The molecule has 0 fully saturated rings. The first kappa shape index (κ1) is 24.5. The smallest absolute Gasteiger partial charge is 0.242 e. The third-order valence-corrected chi connectivity index (χ3v) is 7.25. The molecule has 2 aromatic rings. The Morgan fingerprint density at radius 2 is 1.97 bits per heavy atom. The number of aryl methyl sites for hydroxylation is 1. The fraction of sp³-hybridized carbons (Fsp3) is 0.538. The van der Waals surface area contributed by atoms with Gasteiger partial charge in [0.1, 0.15) is 0 Å². The fourth-order valence-corrected chi connectivity index (χ4v) is 5.33. The van der Waals surface area contributed by atoms with Crippen molar-refractivity contribution in [2.45, 2.75) is 58.4 Å². The molecule has 0 saturated carbocycles. The largest absolute Gasteiger partial charge is 0.383 e. The molecule has 0 aliphatic carbocycles. The molecule has 32 heavy (non-hydrogen) atoms. The summed E-state index contributed by atoms with van der Waals surface area (Å²) in [6.07, 6.45) is 5.56. The van der Waals surface area contributed by atoms with Crippen LogP contribution in [0.5, 0.6) is 0 Å². The summed E-state index contributed by atoms with van der Waals surface area (Å²) in [6, 6.07) is 10.3. The number of thiophene rings is 1. The number of carbonyl (C=O) groups is 2. The molecule has 1 atom stereocenters. The predicted octanol–water partition coefficient (Wildman–Crippen LogP) is 4.98. The monoisotopic (exact) mass is 456 g/mol. The first-order valence-corrected chi connectivity index (χ1v) is 12.6. The number of unbranched alkanes of at least 4 members (excludes halogenated alkanes) is 3. The minimum absolute atomic E-state index is 0.00751. The second kappa shape index (κ2) is 12.2. The molecule has 0 spiro atoms. The van der Waals surface area contributed by atoms with E-state index >= 15 is 0 Å². The third kappa shape index (κ3) is 5.99. The van der Waals surface area contributed by atoms with E-state index in [2.05, 4.69) is 37.4 Å². The second-order valence-electron chi connectivity index (χ2n) is 8.51. The van der Waals surface area contributed by atoms with Crippen LogP contribution in [0.4, 0.5) is 0 Å². The van der Waals surface area contributed by atoms with Gasteiger partial charge >= 0.3 is 0 Å². The van der Waals surface area contributed by atoms with Gasteiger partial charge in [0.2, 0.25) is 11.8 Å². The number of carbonyl (C=O) groups excluding carboxylic acids is 2. The lowest BCUT2D eigenvalue weighted by molar-refractivity contribution is -0.142. The van der Waals surface area contributed by atoms with Crippen LogP contribution in [0.3, 0.4) is 0 Å². The van der Waals surface area contributed by atoms with E-state index in [1.54, 1.807) is 23.3 Å². The summed E-state index contributed by atoms with van der Waals surface area (Å²) in [6.45, 7) is 5.93. The van der Waals surface area contributed by atoms with Crippen LogP contribution >= 0.6 is 11.3 Å². The Bertz CT molecular complexity index is 895. The molecule has 0 radical (unpaired) electrons. The Labute approximate surface area is 196 Å².